The van der Waals surface area contributed by atoms with Crippen LogP contribution in [0.4, 0.5) is 19.1 Å². The third kappa shape index (κ3) is 5.71. The Balaban J connectivity index is 1.22. The molecule has 36 heavy (non-hydrogen) atoms. The summed E-state index contributed by atoms with van der Waals surface area (Å²) in [5.41, 5.74) is 6.25. The Morgan fingerprint density at radius 3 is 2.47 bits per heavy atom. The van der Waals surface area contributed by atoms with E-state index in [0.717, 1.165) is 17.9 Å². The van der Waals surface area contributed by atoms with Crippen molar-refractivity contribution in [1.82, 2.24) is 29.9 Å². The molecule has 4 rings (SSSR count). The van der Waals surface area contributed by atoms with Gasteiger partial charge < -0.3 is 15.5 Å². The Bertz CT molecular complexity index is 1220. The number of aromatic nitrogens is 5. The van der Waals surface area contributed by atoms with Crippen LogP contribution in [-0.4, -0.2) is 67.9 Å². The van der Waals surface area contributed by atoms with E-state index in [2.05, 4.69) is 20.3 Å². The number of carbonyl (C=O) groups is 2. The molecular formula is C23H27F3N8O2. The number of hydrogen-bond donors (Lipinski definition) is 1. The number of aryl methyl sites for hydroxylation is 1. The first kappa shape index (κ1) is 25.3. The number of nitrogens with zero attached hydrogens (tertiary/aromatic N) is 7. The molecule has 2 aromatic heterocycles. The van der Waals surface area contributed by atoms with Crippen molar-refractivity contribution in [3.8, 4) is 0 Å². The normalized spacial score (nSPS) is 14.8. The Kier molecular flexibility index (Phi) is 7.36. The van der Waals surface area contributed by atoms with E-state index >= 15 is 0 Å². The molecule has 0 unspecified atom stereocenters. The SMILES string of the molecule is CN(C(=O)CCCCn1nnc2ccc(C(N)=O)cc21)C1CCN(c2ncc(C(F)(F)F)cn2)CC1. The molecule has 2 amide bonds. The average Bonchev–Trinajstić information content (AvgIpc) is 3.28. The molecule has 0 atom stereocenters. The van der Waals surface area contributed by atoms with E-state index in [1.54, 1.807) is 34.8 Å². The number of primary amides is 1. The average molecular weight is 505 g/mol. The monoisotopic (exact) mass is 504 g/mol. The van der Waals surface area contributed by atoms with Gasteiger partial charge in [-0.25, -0.2) is 14.6 Å². The third-order valence-electron chi connectivity index (χ3n) is 6.46. The number of hydrogen-bond acceptors (Lipinski definition) is 7. The van der Waals surface area contributed by atoms with Gasteiger partial charge in [0.2, 0.25) is 17.8 Å². The molecular weight excluding hydrogens is 477 g/mol. The minimum Gasteiger partial charge on any atom is -0.366 e. The number of piperidine rings is 1. The molecule has 10 nitrogen and oxygen atoms in total. The van der Waals surface area contributed by atoms with Crippen LogP contribution in [0.25, 0.3) is 11.0 Å². The second kappa shape index (κ2) is 10.5. The molecule has 2 N–H and O–H groups in total. The van der Waals surface area contributed by atoms with Crippen molar-refractivity contribution >= 4 is 28.8 Å². The maximum absolute atomic E-state index is 12.7. The number of anilines is 1. The number of alkyl halides is 3. The molecule has 0 radical (unpaired) electrons. The first-order chi connectivity index (χ1) is 17.1. The summed E-state index contributed by atoms with van der Waals surface area (Å²) in [6, 6.07) is 5.03. The highest BCUT2D eigenvalue weighted by molar-refractivity contribution is 5.96. The number of benzene rings is 1. The lowest BCUT2D eigenvalue weighted by molar-refractivity contribution is -0.138. The van der Waals surface area contributed by atoms with Gasteiger partial charge in [-0.1, -0.05) is 5.21 Å². The highest BCUT2D eigenvalue weighted by Crippen LogP contribution is 2.29. The topological polar surface area (TPSA) is 123 Å². The fraction of sp³-hybridized carbons (Fsp3) is 0.478. The summed E-state index contributed by atoms with van der Waals surface area (Å²) in [6.07, 6.45) is 0.246. The Labute approximate surface area is 205 Å². The third-order valence-corrected chi connectivity index (χ3v) is 6.46. The Morgan fingerprint density at radius 1 is 1.14 bits per heavy atom. The van der Waals surface area contributed by atoms with E-state index in [1.807, 2.05) is 4.90 Å². The van der Waals surface area contributed by atoms with Crippen LogP contribution in [0.2, 0.25) is 0 Å². The van der Waals surface area contributed by atoms with Crippen LogP contribution in [-0.2, 0) is 17.5 Å². The lowest BCUT2D eigenvalue weighted by atomic mass is 10.0. The summed E-state index contributed by atoms with van der Waals surface area (Å²) >= 11 is 0. The zero-order valence-electron chi connectivity index (χ0n) is 19.8. The Morgan fingerprint density at radius 2 is 1.83 bits per heavy atom. The zero-order valence-corrected chi connectivity index (χ0v) is 19.8. The summed E-state index contributed by atoms with van der Waals surface area (Å²) in [7, 11) is 1.79. The summed E-state index contributed by atoms with van der Waals surface area (Å²) in [5.74, 6) is -0.214. The van der Waals surface area contributed by atoms with Crippen molar-refractivity contribution in [2.75, 3.05) is 25.0 Å². The molecule has 3 aromatic rings. The summed E-state index contributed by atoms with van der Waals surface area (Å²) in [4.78, 5) is 35.4. The smallest absolute Gasteiger partial charge is 0.366 e. The van der Waals surface area contributed by atoms with Gasteiger partial charge in [0.15, 0.2) is 0 Å². The van der Waals surface area contributed by atoms with Gasteiger partial charge in [0, 0.05) is 57.1 Å². The predicted octanol–water partition coefficient (Wildman–Crippen LogP) is 2.64. The quantitative estimate of drug-likeness (QED) is 0.468. The number of fused-ring (bicyclic) bond motifs is 1. The molecule has 1 aliphatic rings. The molecule has 192 valence electrons. The maximum atomic E-state index is 12.7. The van der Waals surface area contributed by atoms with Crippen molar-refractivity contribution in [2.24, 2.45) is 5.73 Å². The predicted molar refractivity (Wildman–Crippen MR) is 125 cm³/mol. The molecule has 3 heterocycles. The molecule has 0 aliphatic carbocycles. The van der Waals surface area contributed by atoms with E-state index in [9.17, 15) is 22.8 Å². The van der Waals surface area contributed by atoms with Gasteiger partial charge in [0.05, 0.1) is 11.1 Å². The highest BCUT2D eigenvalue weighted by atomic mass is 19.4. The van der Waals surface area contributed by atoms with E-state index in [4.69, 9.17) is 5.73 Å². The van der Waals surface area contributed by atoms with E-state index in [-0.39, 0.29) is 17.9 Å². The second-order valence-electron chi connectivity index (χ2n) is 8.83. The van der Waals surface area contributed by atoms with Gasteiger partial charge in [0.25, 0.3) is 0 Å². The van der Waals surface area contributed by atoms with Crippen molar-refractivity contribution in [2.45, 2.75) is 50.9 Å². The zero-order chi connectivity index (χ0) is 25.9. The van der Waals surface area contributed by atoms with Gasteiger partial charge in [-0.05, 0) is 43.9 Å². The summed E-state index contributed by atoms with van der Waals surface area (Å²) < 4.78 is 39.8. The second-order valence-corrected chi connectivity index (χ2v) is 8.83. The first-order valence-electron chi connectivity index (χ1n) is 11.7. The van der Waals surface area contributed by atoms with Crippen LogP contribution in [0.3, 0.4) is 0 Å². The fourth-order valence-corrected chi connectivity index (χ4v) is 4.29. The van der Waals surface area contributed by atoms with Crippen molar-refractivity contribution in [3.05, 3.63) is 41.7 Å². The lowest BCUT2D eigenvalue weighted by Gasteiger charge is -2.36. The summed E-state index contributed by atoms with van der Waals surface area (Å²) in [6.45, 7) is 1.67. The van der Waals surface area contributed by atoms with E-state index < -0.39 is 17.6 Å². The highest BCUT2D eigenvalue weighted by Gasteiger charge is 2.32. The van der Waals surface area contributed by atoms with Crippen molar-refractivity contribution in [3.63, 3.8) is 0 Å². The van der Waals surface area contributed by atoms with Gasteiger partial charge in [-0.15, -0.1) is 5.10 Å². The summed E-state index contributed by atoms with van der Waals surface area (Å²) in [5, 5.41) is 8.21. The molecule has 0 bridgehead atoms. The number of halogens is 3. The van der Waals surface area contributed by atoms with Crippen LogP contribution in [0.1, 0.15) is 48.0 Å². The van der Waals surface area contributed by atoms with E-state index in [0.29, 0.717) is 62.8 Å². The molecule has 1 fully saturated rings. The number of amides is 2. The van der Waals surface area contributed by atoms with Gasteiger partial charge >= 0.3 is 6.18 Å². The number of nitrogens with two attached hydrogens (primary N) is 1. The molecule has 0 spiro atoms. The fourth-order valence-electron chi connectivity index (χ4n) is 4.29. The number of rotatable bonds is 8. The lowest BCUT2D eigenvalue weighted by Crippen LogP contribution is -2.46. The van der Waals surface area contributed by atoms with Crippen LogP contribution >= 0.6 is 0 Å². The maximum Gasteiger partial charge on any atom is 0.419 e. The van der Waals surface area contributed by atoms with Gasteiger partial charge in [-0.3, -0.25) is 9.59 Å². The minimum absolute atomic E-state index is 0.0405. The number of carbonyl (C=O) groups excluding carboxylic acids is 2. The van der Waals surface area contributed by atoms with Crippen LogP contribution in [0.5, 0.6) is 0 Å². The minimum atomic E-state index is -4.47. The largest absolute Gasteiger partial charge is 0.419 e. The van der Waals surface area contributed by atoms with E-state index in [1.165, 1.54) is 0 Å². The van der Waals surface area contributed by atoms with Crippen LogP contribution in [0.15, 0.2) is 30.6 Å². The van der Waals surface area contributed by atoms with Gasteiger partial charge in [0.1, 0.15) is 5.52 Å². The first-order valence-corrected chi connectivity index (χ1v) is 11.7. The van der Waals surface area contributed by atoms with Crippen LogP contribution < -0.4 is 10.6 Å². The van der Waals surface area contributed by atoms with Crippen LogP contribution in [0, 0.1) is 0 Å². The van der Waals surface area contributed by atoms with Crippen molar-refractivity contribution in [1.29, 1.82) is 0 Å². The van der Waals surface area contributed by atoms with Gasteiger partial charge in [-0.2, -0.15) is 13.2 Å². The molecule has 13 heteroatoms. The standard InChI is InChI=1S/C23H27F3N8O2/c1-32(17-7-10-33(11-8-17)22-28-13-16(14-29-22)23(24,25)26)20(35)4-2-3-9-34-19-12-15(21(27)36)5-6-18(19)30-31-34/h5-6,12-14,17H,2-4,7-11H2,1H3,(H2,27,36). The Hall–Kier alpha value is -3.77. The number of unbranched alkanes of at least 4 members (excludes halogenated alkanes) is 1. The molecule has 0 saturated carbocycles. The molecule has 1 aromatic carbocycles. The molecule has 1 aliphatic heterocycles. The van der Waals surface area contributed by atoms with Crippen molar-refractivity contribution < 1.29 is 22.8 Å². The molecule has 1 saturated heterocycles.